The summed E-state index contributed by atoms with van der Waals surface area (Å²) in [6, 6.07) is 16.0. The Morgan fingerprint density at radius 3 is 2.67 bits per heavy atom. The number of carbonyl (C=O) groups excluding carboxylic acids is 1. The third-order valence-corrected chi connectivity index (χ3v) is 5.99. The van der Waals surface area contributed by atoms with E-state index in [9.17, 15) is 4.79 Å². The Morgan fingerprint density at radius 1 is 1.10 bits per heavy atom. The van der Waals surface area contributed by atoms with Crippen molar-refractivity contribution in [2.24, 2.45) is 5.10 Å². The van der Waals surface area contributed by atoms with Gasteiger partial charge in [-0.1, -0.05) is 67.4 Å². The molecule has 30 heavy (non-hydrogen) atoms. The van der Waals surface area contributed by atoms with Crippen molar-refractivity contribution in [1.29, 1.82) is 0 Å². The fourth-order valence-corrected chi connectivity index (χ4v) is 4.41. The highest BCUT2D eigenvalue weighted by Gasteiger charge is 2.24. The van der Waals surface area contributed by atoms with Crippen LogP contribution in [-0.2, 0) is 4.79 Å². The Bertz CT molecular complexity index is 983. The summed E-state index contributed by atoms with van der Waals surface area (Å²) in [5.74, 6) is 0.907. The lowest BCUT2D eigenvalue weighted by Gasteiger charge is -2.25. The van der Waals surface area contributed by atoms with Gasteiger partial charge in [0, 0.05) is 17.8 Å². The molecule has 1 amide bonds. The van der Waals surface area contributed by atoms with Gasteiger partial charge in [-0.25, -0.2) is 5.43 Å². The van der Waals surface area contributed by atoms with Crippen molar-refractivity contribution >= 4 is 23.9 Å². The Balaban J connectivity index is 1.45. The summed E-state index contributed by atoms with van der Waals surface area (Å²) in [5.41, 5.74) is 4.29. The quantitative estimate of drug-likeness (QED) is 0.354. The van der Waals surface area contributed by atoms with Crippen LogP contribution in [0.3, 0.4) is 0 Å². The standard InChI is InChI=1S/C22H24N6OS/c29-20(25-24-15-18-11-7-8-14-23-18)16-30-22-27-26-21(17-9-3-1-4-10-17)28(22)19-12-5-2-6-13-19/h1,3-4,7-11,14-15,19H,2,5-6,12-13,16H2,(H,25,29)/b24-15-. The van der Waals surface area contributed by atoms with Crippen LogP contribution in [0.15, 0.2) is 65.0 Å². The van der Waals surface area contributed by atoms with Gasteiger partial charge in [0.2, 0.25) is 0 Å². The van der Waals surface area contributed by atoms with Gasteiger partial charge in [-0.3, -0.25) is 14.3 Å². The predicted molar refractivity (Wildman–Crippen MR) is 118 cm³/mol. The van der Waals surface area contributed by atoms with Crippen molar-refractivity contribution in [3.05, 3.63) is 60.4 Å². The number of rotatable bonds is 7. The van der Waals surface area contributed by atoms with E-state index in [4.69, 9.17) is 0 Å². The van der Waals surface area contributed by atoms with Crippen LogP contribution in [-0.4, -0.2) is 37.6 Å². The van der Waals surface area contributed by atoms with Crippen molar-refractivity contribution in [1.82, 2.24) is 25.2 Å². The highest BCUT2D eigenvalue weighted by atomic mass is 32.2. The first kappa shape index (κ1) is 20.3. The Morgan fingerprint density at radius 2 is 1.90 bits per heavy atom. The Hall–Kier alpha value is -3.00. The van der Waals surface area contributed by atoms with E-state index in [0.717, 1.165) is 29.4 Å². The van der Waals surface area contributed by atoms with Crippen molar-refractivity contribution in [2.45, 2.75) is 43.3 Å². The van der Waals surface area contributed by atoms with Crippen LogP contribution >= 0.6 is 11.8 Å². The summed E-state index contributed by atoms with van der Waals surface area (Å²) < 4.78 is 2.23. The molecule has 0 atom stereocenters. The van der Waals surface area contributed by atoms with Gasteiger partial charge in [-0.05, 0) is 25.0 Å². The normalized spacial score (nSPS) is 14.8. The molecule has 2 heterocycles. The Labute approximate surface area is 180 Å². The molecule has 2 aromatic heterocycles. The number of carbonyl (C=O) groups is 1. The van der Waals surface area contributed by atoms with E-state index in [1.54, 1.807) is 6.20 Å². The molecule has 1 fully saturated rings. The van der Waals surface area contributed by atoms with Crippen LogP contribution in [0.2, 0.25) is 0 Å². The predicted octanol–water partition coefficient (Wildman–Crippen LogP) is 4.09. The molecule has 0 aliphatic heterocycles. The first-order valence-electron chi connectivity index (χ1n) is 10.2. The number of hydrogen-bond acceptors (Lipinski definition) is 6. The molecule has 1 aliphatic rings. The molecule has 3 aromatic rings. The van der Waals surface area contributed by atoms with E-state index in [1.165, 1.54) is 37.2 Å². The molecule has 0 bridgehead atoms. The molecule has 0 spiro atoms. The van der Waals surface area contributed by atoms with E-state index in [-0.39, 0.29) is 11.7 Å². The maximum absolute atomic E-state index is 12.2. The number of nitrogens with zero attached hydrogens (tertiary/aromatic N) is 5. The SMILES string of the molecule is O=C(CSc1nnc(-c2ccccc2)n1C1CCCCC1)N/N=C\c1ccccn1. The second kappa shape index (κ2) is 10.2. The number of nitrogens with one attached hydrogen (secondary N) is 1. The molecule has 154 valence electrons. The zero-order chi connectivity index (χ0) is 20.6. The number of aromatic nitrogens is 4. The van der Waals surface area contributed by atoms with Gasteiger partial charge in [0.05, 0.1) is 17.7 Å². The molecule has 1 saturated carbocycles. The third-order valence-electron chi connectivity index (χ3n) is 5.04. The number of hydrazone groups is 1. The minimum absolute atomic E-state index is 0.188. The van der Waals surface area contributed by atoms with Crippen LogP contribution in [0.4, 0.5) is 0 Å². The number of pyridine rings is 1. The fourth-order valence-electron chi connectivity index (χ4n) is 3.61. The summed E-state index contributed by atoms with van der Waals surface area (Å²) in [6.07, 6.45) is 9.15. The van der Waals surface area contributed by atoms with Crippen molar-refractivity contribution in [3.63, 3.8) is 0 Å². The molecule has 0 radical (unpaired) electrons. The second-order valence-corrected chi connectivity index (χ2v) is 8.11. The zero-order valence-electron chi connectivity index (χ0n) is 16.6. The maximum Gasteiger partial charge on any atom is 0.250 e. The lowest BCUT2D eigenvalue weighted by atomic mass is 9.95. The van der Waals surface area contributed by atoms with Gasteiger partial charge < -0.3 is 0 Å². The van der Waals surface area contributed by atoms with Gasteiger partial charge in [-0.2, -0.15) is 5.10 Å². The molecule has 1 N–H and O–H groups in total. The van der Waals surface area contributed by atoms with Gasteiger partial charge in [-0.15, -0.1) is 10.2 Å². The molecular formula is C22H24N6OS. The number of thioether (sulfide) groups is 1. The molecule has 0 saturated heterocycles. The van der Waals surface area contributed by atoms with Gasteiger partial charge >= 0.3 is 0 Å². The largest absolute Gasteiger partial charge is 0.299 e. The molecule has 0 unspecified atom stereocenters. The van der Waals surface area contributed by atoms with Crippen LogP contribution in [0.5, 0.6) is 0 Å². The summed E-state index contributed by atoms with van der Waals surface area (Å²) >= 11 is 1.40. The zero-order valence-corrected chi connectivity index (χ0v) is 17.5. The molecular weight excluding hydrogens is 396 g/mol. The van der Waals surface area contributed by atoms with Gasteiger partial charge in [0.15, 0.2) is 11.0 Å². The Kier molecular flexibility index (Phi) is 6.87. The van der Waals surface area contributed by atoms with Gasteiger partial charge in [0.25, 0.3) is 5.91 Å². The third kappa shape index (κ3) is 5.13. The number of amides is 1. The topological polar surface area (TPSA) is 85.1 Å². The molecule has 1 aliphatic carbocycles. The smallest absolute Gasteiger partial charge is 0.250 e. The lowest BCUT2D eigenvalue weighted by Crippen LogP contribution is -2.20. The molecule has 8 heteroatoms. The average Bonchev–Trinajstić information content (AvgIpc) is 3.23. The van der Waals surface area contributed by atoms with E-state index >= 15 is 0 Å². The van der Waals surface area contributed by atoms with Crippen molar-refractivity contribution in [3.8, 4) is 11.4 Å². The van der Waals surface area contributed by atoms with E-state index in [2.05, 4.69) is 42.4 Å². The average molecular weight is 421 g/mol. The summed E-state index contributed by atoms with van der Waals surface area (Å²) in [4.78, 5) is 16.4. The minimum Gasteiger partial charge on any atom is -0.299 e. The monoisotopic (exact) mass is 420 g/mol. The molecule has 4 rings (SSSR count). The lowest BCUT2D eigenvalue weighted by molar-refractivity contribution is -0.118. The number of hydrogen-bond donors (Lipinski definition) is 1. The first-order chi connectivity index (χ1) is 14.8. The highest BCUT2D eigenvalue weighted by molar-refractivity contribution is 7.99. The first-order valence-corrected chi connectivity index (χ1v) is 11.2. The van der Waals surface area contributed by atoms with E-state index < -0.39 is 0 Å². The molecule has 7 nitrogen and oxygen atoms in total. The van der Waals surface area contributed by atoms with Crippen LogP contribution < -0.4 is 5.43 Å². The van der Waals surface area contributed by atoms with Crippen molar-refractivity contribution < 1.29 is 4.79 Å². The summed E-state index contributed by atoms with van der Waals surface area (Å²) in [6.45, 7) is 0. The van der Waals surface area contributed by atoms with Crippen LogP contribution in [0.25, 0.3) is 11.4 Å². The minimum atomic E-state index is -0.188. The summed E-state index contributed by atoms with van der Waals surface area (Å²) in [7, 11) is 0. The van der Waals surface area contributed by atoms with E-state index in [0.29, 0.717) is 11.7 Å². The second-order valence-electron chi connectivity index (χ2n) is 7.17. The fraction of sp³-hybridized carbons (Fsp3) is 0.318. The highest BCUT2D eigenvalue weighted by Crippen LogP contribution is 2.35. The van der Waals surface area contributed by atoms with Crippen molar-refractivity contribution in [2.75, 3.05) is 5.75 Å². The number of benzene rings is 1. The maximum atomic E-state index is 12.2. The van der Waals surface area contributed by atoms with Gasteiger partial charge in [0.1, 0.15) is 0 Å². The summed E-state index contributed by atoms with van der Waals surface area (Å²) in [5, 5.41) is 13.6. The van der Waals surface area contributed by atoms with E-state index in [1.807, 2.05) is 36.4 Å². The molecule has 1 aromatic carbocycles. The van der Waals surface area contributed by atoms with Crippen LogP contribution in [0.1, 0.15) is 43.8 Å². The van der Waals surface area contributed by atoms with Crippen LogP contribution in [0, 0.1) is 0 Å².